The first-order chi connectivity index (χ1) is 11.0. The van der Waals surface area contributed by atoms with Crippen LogP contribution in [0.4, 0.5) is 0 Å². The number of aliphatic imine (C=N–C) groups is 1. The van der Waals surface area contributed by atoms with Crippen LogP contribution in [0.3, 0.4) is 0 Å². The van der Waals surface area contributed by atoms with Gasteiger partial charge in [-0.2, -0.15) is 0 Å². The maximum absolute atomic E-state index is 5.32. The summed E-state index contributed by atoms with van der Waals surface area (Å²) in [7, 11) is 3.41. The Balaban J connectivity index is 2.70. The smallest absolute Gasteiger partial charge is 0.191 e. The number of rotatable bonds is 9. The van der Waals surface area contributed by atoms with Crippen molar-refractivity contribution in [3.63, 3.8) is 0 Å². The van der Waals surface area contributed by atoms with Gasteiger partial charge in [0.25, 0.3) is 0 Å². The third-order valence-electron chi connectivity index (χ3n) is 3.65. The van der Waals surface area contributed by atoms with Gasteiger partial charge in [0.1, 0.15) is 5.75 Å². The van der Waals surface area contributed by atoms with Gasteiger partial charge < -0.3 is 20.1 Å². The molecule has 0 saturated carbocycles. The summed E-state index contributed by atoms with van der Waals surface area (Å²) in [6.07, 6.45) is 0.959. The van der Waals surface area contributed by atoms with Gasteiger partial charge >= 0.3 is 0 Å². The van der Waals surface area contributed by atoms with E-state index in [0.29, 0.717) is 6.54 Å². The van der Waals surface area contributed by atoms with Crippen LogP contribution >= 0.6 is 0 Å². The molecule has 0 heterocycles. The van der Waals surface area contributed by atoms with Crippen molar-refractivity contribution >= 4 is 5.96 Å². The maximum Gasteiger partial charge on any atom is 0.191 e. The van der Waals surface area contributed by atoms with Crippen molar-refractivity contribution in [1.29, 1.82) is 0 Å². The van der Waals surface area contributed by atoms with Gasteiger partial charge in [0, 0.05) is 32.2 Å². The van der Waals surface area contributed by atoms with Gasteiger partial charge in [-0.05, 0) is 31.0 Å². The molecule has 5 heteroatoms. The lowest BCUT2D eigenvalue weighted by Crippen LogP contribution is -2.39. The number of benzene rings is 1. The summed E-state index contributed by atoms with van der Waals surface area (Å²) in [6.45, 7) is 9.59. The average Bonchev–Trinajstić information content (AvgIpc) is 2.56. The van der Waals surface area contributed by atoms with Crippen LogP contribution in [0.2, 0.25) is 0 Å². The van der Waals surface area contributed by atoms with E-state index in [1.165, 1.54) is 5.56 Å². The molecule has 0 amide bonds. The lowest BCUT2D eigenvalue weighted by atomic mass is 9.85. The molecular formula is C18H31N3O2. The van der Waals surface area contributed by atoms with Crippen molar-refractivity contribution in [2.75, 3.05) is 40.5 Å². The number of methoxy groups -OCH3 is 2. The molecule has 1 aromatic rings. The van der Waals surface area contributed by atoms with Gasteiger partial charge in [0.2, 0.25) is 0 Å². The van der Waals surface area contributed by atoms with Crippen LogP contribution in [-0.2, 0) is 10.2 Å². The van der Waals surface area contributed by atoms with Gasteiger partial charge in [-0.3, -0.25) is 4.99 Å². The van der Waals surface area contributed by atoms with Crippen molar-refractivity contribution in [2.45, 2.75) is 32.6 Å². The molecule has 0 aliphatic heterocycles. The summed E-state index contributed by atoms with van der Waals surface area (Å²) >= 11 is 0. The minimum Gasteiger partial charge on any atom is -0.497 e. The average molecular weight is 321 g/mol. The van der Waals surface area contributed by atoms with E-state index in [-0.39, 0.29) is 5.41 Å². The molecule has 0 bridgehead atoms. The van der Waals surface area contributed by atoms with E-state index in [4.69, 9.17) is 14.5 Å². The zero-order valence-corrected chi connectivity index (χ0v) is 15.1. The maximum atomic E-state index is 5.32. The highest BCUT2D eigenvalue weighted by Crippen LogP contribution is 2.26. The molecule has 0 aromatic heterocycles. The molecule has 1 aromatic carbocycles. The Hall–Kier alpha value is -1.75. The standard InChI is InChI=1S/C18H31N3O2/c1-6-19-17(20-11-8-12-22-4)21-14-18(2,3)15-9-7-10-16(13-15)23-5/h7,9-10,13H,6,8,11-12,14H2,1-5H3,(H2,19,20,21). The van der Waals surface area contributed by atoms with Crippen LogP contribution in [-0.4, -0.2) is 46.4 Å². The molecule has 23 heavy (non-hydrogen) atoms. The molecule has 0 radical (unpaired) electrons. The van der Waals surface area contributed by atoms with E-state index in [2.05, 4.69) is 43.5 Å². The monoisotopic (exact) mass is 321 g/mol. The van der Waals surface area contributed by atoms with Crippen LogP contribution in [0.15, 0.2) is 29.3 Å². The Labute approximate surface area is 140 Å². The SMILES string of the molecule is CCNC(=NCC(C)(C)c1cccc(OC)c1)NCCCOC. The van der Waals surface area contributed by atoms with Crippen LogP contribution in [0, 0.1) is 0 Å². The van der Waals surface area contributed by atoms with Gasteiger partial charge in [-0.25, -0.2) is 0 Å². The number of nitrogens with zero attached hydrogens (tertiary/aromatic N) is 1. The lowest BCUT2D eigenvalue weighted by molar-refractivity contribution is 0.195. The molecule has 0 unspecified atom stereocenters. The molecule has 0 aliphatic carbocycles. The van der Waals surface area contributed by atoms with E-state index in [1.807, 2.05) is 12.1 Å². The van der Waals surface area contributed by atoms with Crippen molar-refractivity contribution in [1.82, 2.24) is 10.6 Å². The first-order valence-electron chi connectivity index (χ1n) is 8.19. The molecule has 5 nitrogen and oxygen atoms in total. The van der Waals surface area contributed by atoms with E-state index in [1.54, 1.807) is 14.2 Å². The minimum atomic E-state index is -0.0661. The third-order valence-corrected chi connectivity index (χ3v) is 3.65. The van der Waals surface area contributed by atoms with Gasteiger partial charge in [0.15, 0.2) is 5.96 Å². The summed E-state index contributed by atoms with van der Waals surface area (Å²) in [5.74, 6) is 1.73. The first-order valence-corrected chi connectivity index (χ1v) is 8.19. The zero-order valence-electron chi connectivity index (χ0n) is 15.1. The van der Waals surface area contributed by atoms with E-state index in [0.717, 1.165) is 37.8 Å². The molecule has 130 valence electrons. The summed E-state index contributed by atoms with van der Waals surface area (Å²) in [4.78, 5) is 4.73. The second-order valence-electron chi connectivity index (χ2n) is 6.08. The lowest BCUT2D eigenvalue weighted by Gasteiger charge is -2.24. The van der Waals surface area contributed by atoms with Crippen LogP contribution in [0.25, 0.3) is 0 Å². The number of hydrogen-bond donors (Lipinski definition) is 2. The Morgan fingerprint density at radius 3 is 2.65 bits per heavy atom. The van der Waals surface area contributed by atoms with Gasteiger partial charge in [-0.15, -0.1) is 0 Å². The third kappa shape index (κ3) is 6.91. The zero-order chi connectivity index (χ0) is 17.1. The topological polar surface area (TPSA) is 54.9 Å². The predicted molar refractivity (Wildman–Crippen MR) is 96.5 cm³/mol. The fourth-order valence-corrected chi connectivity index (χ4v) is 2.18. The Morgan fingerprint density at radius 1 is 1.22 bits per heavy atom. The first kappa shape index (κ1) is 19.3. The predicted octanol–water partition coefficient (Wildman–Crippen LogP) is 2.56. The summed E-state index contributed by atoms with van der Waals surface area (Å²) in [5, 5.41) is 6.62. The Bertz CT molecular complexity index is 487. The second kappa shape index (κ2) is 10.1. The highest BCUT2D eigenvalue weighted by Gasteiger charge is 2.21. The highest BCUT2D eigenvalue weighted by molar-refractivity contribution is 5.79. The molecule has 0 atom stereocenters. The normalized spacial score (nSPS) is 12.1. The summed E-state index contributed by atoms with van der Waals surface area (Å²) in [5.41, 5.74) is 1.15. The largest absolute Gasteiger partial charge is 0.497 e. The van der Waals surface area contributed by atoms with Gasteiger partial charge in [0.05, 0.1) is 13.7 Å². The quantitative estimate of drug-likeness (QED) is 0.417. The highest BCUT2D eigenvalue weighted by atomic mass is 16.5. The van der Waals surface area contributed by atoms with Crippen LogP contribution < -0.4 is 15.4 Å². The minimum absolute atomic E-state index is 0.0661. The van der Waals surface area contributed by atoms with Crippen molar-refractivity contribution in [3.8, 4) is 5.75 Å². The number of nitrogens with one attached hydrogen (secondary N) is 2. The summed E-state index contributed by atoms with van der Waals surface area (Å²) in [6, 6.07) is 8.18. The second-order valence-corrected chi connectivity index (χ2v) is 6.08. The number of hydrogen-bond acceptors (Lipinski definition) is 3. The molecular weight excluding hydrogens is 290 g/mol. The van der Waals surface area contributed by atoms with Crippen molar-refractivity contribution in [2.24, 2.45) is 4.99 Å². The molecule has 0 aliphatic rings. The van der Waals surface area contributed by atoms with E-state index >= 15 is 0 Å². The molecule has 1 rings (SSSR count). The number of ether oxygens (including phenoxy) is 2. The molecule has 0 saturated heterocycles. The summed E-state index contributed by atoms with van der Waals surface area (Å²) < 4.78 is 10.4. The van der Waals surface area contributed by atoms with E-state index < -0.39 is 0 Å². The fraction of sp³-hybridized carbons (Fsp3) is 0.611. The van der Waals surface area contributed by atoms with Crippen LogP contribution in [0.5, 0.6) is 5.75 Å². The molecule has 0 fully saturated rings. The Kier molecular flexibility index (Phi) is 8.48. The molecule has 0 spiro atoms. The van der Waals surface area contributed by atoms with Crippen LogP contribution in [0.1, 0.15) is 32.8 Å². The van der Waals surface area contributed by atoms with E-state index in [9.17, 15) is 0 Å². The molecule has 2 N–H and O–H groups in total. The van der Waals surface area contributed by atoms with Crippen molar-refractivity contribution < 1.29 is 9.47 Å². The Morgan fingerprint density at radius 2 is 2.00 bits per heavy atom. The van der Waals surface area contributed by atoms with Crippen molar-refractivity contribution in [3.05, 3.63) is 29.8 Å². The number of guanidine groups is 1. The van der Waals surface area contributed by atoms with Gasteiger partial charge in [-0.1, -0.05) is 26.0 Å². The fourth-order valence-electron chi connectivity index (χ4n) is 2.18.